The first-order valence-electron chi connectivity index (χ1n) is 10.4. The van der Waals surface area contributed by atoms with E-state index in [1.54, 1.807) is 6.07 Å². The lowest BCUT2D eigenvalue weighted by molar-refractivity contribution is -0.160. The standard InChI is InChI=1S/C23H25N3O3/c1-26-12-11-22-19-14-7-8-17(27)20(19)29-21(22)16(9-10-23(22,28)18(26)13-14)25-24-15-5-3-2-4-6-15/h2-8,18,21,24,27-28H,9-13H2,1H3/b25-16-/t18-,21+,22+,23-/m1/s1. The summed E-state index contributed by atoms with van der Waals surface area (Å²) in [5.74, 6) is 0.700. The molecule has 6 heteroatoms. The lowest BCUT2D eigenvalue weighted by atomic mass is 9.49. The van der Waals surface area contributed by atoms with Crippen LogP contribution in [-0.2, 0) is 11.8 Å². The van der Waals surface area contributed by atoms with Gasteiger partial charge in [0.25, 0.3) is 0 Å². The van der Waals surface area contributed by atoms with Crippen LogP contribution in [0.15, 0.2) is 47.6 Å². The van der Waals surface area contributed by atoms with Gasteiger partial charge in [0.2, 0.25) is 0 Å². The number of piperidine rings is 1. The smallest absolute Gasteiger partial charge is 0.166 e. The number of hydrazone groups is 1. The summed E-state index contributed by atoms with van der Waals surface area (Å²) in [6, 6.07) is 13.6. The van der Waals surface area contributed by atoms with Crippen LogP contribution in [0.2, 0.25) is 0 Å². The van der Waals surface area contributed by atoms with Gasteiger partial charge in [-0.2, -0.15) is 5.10 Å². The highest BCUT2D eigenvalue weighted by Gasteiger charge is 2.72. The molecule has 0 radical (unpaired) electrons. The van der Waals surface area contributed by atoms with Gasteiger partial charge in [0.15, 0.2) is 17.6 Å². The number of nitrogens with zero attached hydrogens (tertiary/aromatic N) is 2. The Morgan fingerprint density at radius 1 is 1.17 bits per heavy atom. The topological polar surface area (TPSA) is 77.3 Å². The van der Waals surface area contributed by atoms with E-state index in [1.807, 2.05) is 36.4 Å². The highest BCUT2D eigenvalue weighted by molar-refractivity contribution is 5.95. The van der Waals surface area contributed by atoms with Gasteiger partial charge in [0, 0.05) is 11.6 Å². The highest BCUT2D eigenvalue weighted by atomic mass is 16.5. The Morgan fingerprint density at radius 3 is 2.83 bits per heavy atom. The van der Waals surface area contributed by atoms with Crippen molar-refractivity contribution in [3.8, 4) is 11.5 Å². The Kier molecular flexibility index (Phi) is 3.42. The molecule has 2 aliphatic heterocycles. The summed E-state index contributed by atoms with van der Waals surface area (Å²) in [6.07, 6.45) is 2.51. The Labute approximate surface area is 169 Å². The summed E-state index contributed by atoms with van der Waals surface area (Å²) < 4.78 is 6.41. The number of likely N-dealkylation sites (N-methyl/N-ethyl adjacent to an activating group) is 1. The Bertz CT molecular complexity index is 1020. The second-order valence-electron chi connectivity index (χ2n) is 8.87. The summed E-state index contributed by atoms with van der Waals surface area (Å²) >= 11 is 0. The van der Waals surface area contributed by atoms with Crippen LogP contribution in [0, 0.1) is 0 Å². The zero-order chi connectivity index (χ0) is 19.8. The molecule has 1 saturated heterocycles. The van der Waals surface area contributed by atoms with Crippen LogP contribution in [0.4, 0.5) is 5.69 Å². The monoisotopic (exact) mass is 391 g/mol. The zero-order valence-electron chi connectivity index (χ0n) is 16.4. The molecule has 1 spiro atoms. The van der Waals surface area contributed by atoms with Gasteiger partial charge in [-0.05, 0) is 63.0 Å². The van der Waals surface area contributed by atoms with Crippen molar-refractivity contribution in [3.05, 3.63) is 53.6 Å². The molecule has 6 nitrogen and oxygen atoms in total. The van der Waals surface area contributed by atoms with Crippen molar-refractivity contribution in [2.45, 2.75) is 48.8 Å². The van der Waals surface area contributed by atoms with Gasteiger partial charge in [-0.25, -0.2) is 0 Å². The number of benzene rings is 2. The minimum Gasteiger partial charge on any atom is -0.504 e. The van der Waals surface area contributed by atoms with E-state index in [2.05, 4.69) is 17.4 Å². The van der Waals surface area contributed by atoms with Crippen LogP contribution in [0.1, 0.15) is 30.4 Å². The summed E-state index contributed by atoms with van der Waals surface area (Å²) in [7, 11) is 2.10. The average Bonchev–Trinajstić information content (AvgIpc) is 3.08. The number of phenols is 1. The van der Waals surface area contributed by atoms with Gasteiger partial charge in [-0.15, -0.1) is 0 Å². The molecule has 0 amide bonds. The molecule has 2 aromatic carbocycles. The maximum Gasteiger partial charge on any atom is 0.166 e. The fraction of sp³-hybridized carbons (Fsp3) is 0.435. The Morgan fingerprint density at radius 2 is 2.00 bits per heavy atom. The highest BCUT2D eigenvalue weighted by Crippen LogP contribution is 2.64. The maximum atomic E-state index is 12.1. The molecule has 6 rings (SSSR count). The fourth-order valence-corrected chi connectivity index (χ4v) is 6.32. The van der Waals surface area contributed by atoms with Crippen molar-refractivity contribution < 1.29 is 14.9 Å². The minimum atomic E-state index is -0.886. The van der Waals surface area contributed by atoms with Crippen LogP contribution < -0.4 is 10.2 Å². The molecule has 1 saturated carbocycles. The molecule has 3 N–H and O–H groups in total. The molecule has 2 heterocycles. The summed E-state index contributed by atoms with van der Waals surface area (Å²) in [6.45, 7) is 0.890. The van der Waals surface area contributed by atoms with Gasteiger partial charge < -0.3 is 19.8 Å². The van der Waals surface area contributed by atoms with E-state index in [4.69, 9.17) is 9.84 Å². The third-order valence-corrected chi connectivity index (χ3v) is 7.65. The van der Waals surface area contributed by atoms with Crippen molar-refractivity contribution in [3.63, 3.8) is 0 Å². The number of ether oxygens (including phenoxy) is 1. The molecular weight excluding hydrogens is 366 g/mol. The van der Waals surface area contributed by atoms with Crippen molar-refractivity contribution >= 4 is 11.4 Å². The molecule has 2 aliphatic carbocycles. The average molecular weight is 391 g/mol. The number of rotatable bonds is 2. The number of aliphatic hydroxyl groups is 1. The van der Waals surface area contributed by atoms with E-state index >= 15 is 0 Å². The second-order valence-corrected chi connectivity index (χ2v) is 8.87. The van der Waals surface area contributed by atoms with E-state index in [0.717, 1.165) is 36.3 Å². The molecule has 2 fully saturated rings. The largest absolute Gasteiger partial charge is 0.504 e. The van der Waals surface area contributed by atoms with Crippen LogP contribution in [0.25, 0.3) is 0 Å². The van der Waals surface area contributed by atoms with Crippen LogP contribution >= 0.6 is 0 Å². The molecule has 0 aromatic heterocycles. The predicted octanol–water partition coefficient (Wildman–Crippen LogP) is 2.64. The van der Waals surface area contributed by atoms with Crippen LogP contribution in [0.3, 0.4) is 0 Å². The molecule has 29 heavy (non-hydrogen) atoms. The van der Waals surface area contributed by atoms with Gasteiger partial charge in [-0.1, -0.05) is 24.3 Å². The van der Waals surface area contributed by atoms with E-state index in [-0.39, 0.29) is 17.9 Å². The first-order valence-corrected chi connectivity index (χ1v) is 10.4. The van der Waals surface area contributed by atoms with Gasteiger partial charge in [-0.3, -0.25) is 5.43 Å². The molecule has 0 unspecified atom stereocenters. The molecule has 2 bridgehead atoms. The maximum absolute atomic E-state index is 12.1. The summed E-state index contributed by atoms with van der Waals surface area (Å²) in [5, 5.41) is 27.4. The van der Waals surface area contributed by atoms with Crippen LogP contribution in [-0.4, -0.2) is 52.2 Å². The lowest BCUT2D eigenvalue weighted by Crippen LogP contribution is -2.76. The van der Waals surface area contributed by atoms with E-state index in [9.17, 15) is 10.2 Å². The molecular formula is C23H25N3O3. The normalized spacial score (nSPS) is 35.9. The van der Waals surface area contributed by atoms with E-state index in [0.29, 0.717) is 18.6 Å². The quantitative estimate of drug-likeness (QED) is 0.686. The Balaban J connectivity index is 1.51. The summed E-state index contributed by atoms with van der Waals surface area (Å²) in [5.41, 5.74) is 5.74. The molecule has 4 atom stereocenters. The van der Waals surface area contributed by atoms with Gasteiger partial charge in [0.1, 0.15) is 0 Å². The van der Waals surface area contributed by atoms with Crippen molar-refractivity contribution in [2.24, 2.45) is 5.10 Å². The first kappa shape index (κ1) is 17.3. The Hall–Kier alpha value is -2.57. The third-order valence-electron chi connectivity index (χ3n) is 7.65. The fourth-order valence-electron chi connectivity index (χ4n) is 6.32. The third kappa shape index (κ3) is 2.05. The second kappa shape index (κ2) is 5.74. The van der Waals surface area contributed by atoms with Crippen LogP contribution in [0.5, 0.6) is 11.5 Å². The number of para-hydroxylation sites is 1. The number of hydrogen-bond acceptors (Lipinski definition) is 6. The zero-order valence-corrected chi connectivity index (χ0v) is 16.4. The predicted molar refractivity (Wildman–Crippen MR) is 111 cm³/mol. The number of nitrogens with one attached hydrogen (secondary N) is 1. The van der Waals surface area contributed by atoms with E-state index in [1.165, 1.54) is 5.56 Å². The summed E-state index contributed by atoms with van der Waals surface area (Å²) in [4.78, 5) is 2.29. The molecule has 4 aliphatic rings. The number of anilines is 1. The van der Waals surface area contributed by atoms with E-state index < -0.39 is 11.0 Å². The number of hydrogen-bond donors (Lipinski definition) is 3. The lowest BCUT2D eigenvalue weighted by Gasteiger charge is -2.62. The SMILES string of the molecule is CN1CC[C@]23c4c5ccc(O)c4O[C@H]2/C(=N\Nc2ccccc2)CC[C@@]3(O)[C@H]1C5. The first-order chi connectivity index (χ1) is 14.0. The van der Waals surface area contributed by atoms with Gasteiger partial charge in [0.05, 0.1) is 22.4 Å². The van der Waals surface area contributed by atoms with Crippen molar-refractivity contribution in [1.82, 2.24) is 4.90 Å². The van der Waals surface area contributed by atoms with Crippen molar-refractivity contribution in [1.29, 1.82) is 0 Å². The van der Waals surface area contributed by atoms with Crippen molar-refractivity contribution in [2.75, 3.05) is 19.0 Å². The molecule has 150 valence electrons. The number of aromatic hydroxyl groups is 1. The molecule has 2 aromatic rings. The number of phenolic OH excluding ortho intramolecular Hbond substituents is 1. The number of likely N-dealkylation sites (tertiary alicyclic amines) is 1. The minimum absolute atomic E-state index is 0.0500. The van der Waals surface area contributed by atoms with Gasteiger partial charge >= 0.3 is 0 Å².